The van der Waals surface area contributed by atoms with Crippen LogP contribution >= 0.6 is 11.3 Å². The Morgan fingerprint density at radius 2 is 1.55 bits per heavy atom. The van der Waals surface area contributed by atoms with E-state index in [1.807, 2.05) is 47.7 Å². The molecule has 3 heterocycles. The molecule has 6 aromatic rings. The molecule has 1 radical (unpaired) electrons. The van der Waals surface area contributed by atoms with Crippen LogP contribution in [0.4, 0.5) is 0 Å². The van der Waals surface area contributed by atoms with Gasteiger partial charge in [0.05, 0.1) is 0 Å². The number of carbonyl (C=O) groups is 1. The molecule has 3 aromatic heterocycles. The minimum Gasteiger partial charge on any atom is -0.512 e. The van der Waals surface area contributed by atoms with E-state index in [2.05, 4.69) is 108 Å². The molecule has 295 valence electrons. The SMILES string of the molecule is CCC(C)(CC)C(=O)/C=C(\O)C(C)(CC)CC.Cc1c(-c2csc3cc(CC(C)C)ccc23)oc2c(-c3[c-]c4ccccc4c(C(C)(C)C)c3)nccc12.[Ir]. The Bertz CT molecular complexity index is 2290. The number of carbonyl (C=O) groups excluding carboxylic acids is 1. The zero-order valence-electron chi connectivity index (χ0n) is 35.0. The number of furan rings is 1. The Kier molecular flexibility index (Phi) is 14.2. The fraction of sp³-hybridized carbons (Fsp3) is 0.429. The van der Waals surface area contributed by atoms with Crippen LogP contribution in [0.3, 0.4) is 0 Å². The van der Waals surface area contributed by atoms with Gasteiger partial charge in [-0.05, 0) is 68.1 Å². The van der Waals surface area contributed by atoms with Crippen molar-refractivity contribution in [1.29, 1.82) is 0 Å². The number of allylic oxidation sites excluding steroid dienone is 2. The van der Waals surface area contributed by atoms with E-state index in [9.17, 15) is 9.90 Å². The minimum atomic E-state index is -0.337. The molecule has 0 amide bonds. The van der Waals surface area contributed by atoms with Crippen LogP contribution in [0, 0.1) is 29.7 Å². The molecule has 6 heteroatoms. The number of hydrogen-bond acceptors (Lipinski definition) is 5. The number of aliphatic hydroxyl groups excluding tert-OH is 1. The number of ketones is 1. The summed E-state index contributed by atoms with van der Waals surface area (Å²) in [6.45, 7) is 25.6. The Morgan fingerprint density at radius 1 is 0.891 bits per heavy atom. The van der Waals surface area contributed by atoms with E-state index in [-0.39, 0.29) is 47.9 Å². The molecule has 4 nitrogen and oxygen atoms in total. The van der Waals surface area contributed by atoms with E-state index in [1.165, 1.54) is 32.7 Å². The van der Waals surface area contributed by atoms with E-state index in [0.717, 1.165) is 76.6 Å². The molecular formula is C49H60IrNO3S-. The number of hydrogen-bond donors (Lipinski definition) is 1. The van der Waals surface area contributed by atoms with Gasteiger partial charge in [0, 0.05) is 80.9 Å². The zero-order valence-corrected chi connectivity index (χ0v) is 38.2. The smallest absolute Gasteiger partial charge is 0.164 e. The van der Waals surface area contributed by atoms with Gasteiger partial charge in [-0.1, -0.05) is 117 Å². The van der Waals surface area contributed by atoms with Gasteiger partial charge < -0.3 is 9.52 Å². The first-order valence-electron chi connectivity index (χ1n) is 19.8. The van der Waals surface area contributed by atoms with Crippen LogP contribution in [0.2, 0.25) is 0 Å². The molecule has 3 aromatic carbocycles. The van der Waals surface area contributed by atoms with Gasteiger partial charge in [-0.25, -0.2) is 0 Å². The van der Waals surface area contributed by atoms with Crippen molar-refractivity contribution in [2.24, 2.45) is 16.7 Å². The molecule has 0 unspecified atom stereocenters. The second-order valence-electron chi connectivity index (χ2n) is 17.0. The molecule has 0 aliphatic rings. The van der Waals surface area contributed by atoms with Crippen LogP contribution in [0.1, 0.15) is 119 Å². The van der Waals surface area contributed by atoms with Gasteiger partial charge in [-0.15, -0.1) is 40.5 Å². The van der Waals surface area contributed by atoms with Crippen molar-refractivity contribution < 1.29 is 34.4 Å². The minimum absolute atomic E-state index is 0. The predicted molar refractivity (Wildman–Crippen MR) is 232 cm³/mol. The van der Waals surface area contributed by atoms with E-state index < -0.39 is 0 Å². The van der Waals surface area contributed by atoms with Gasteiger partial charge in [0.2, 0.25) is 0 Å². The average molecular weight is 935 g/mol. The summed E-state index contributed by atoms with van der Waals surface area (Å²) in [6.07, 6.45) is 7.75. The Balaban J connectivity index is 0.000000320. The van der Waals surface area contributed by atoms with Gasteiger partial charge in [0.25, 0.3) is 0 Å². The van der Waals surface area contributed by atoms with Crippen LogP contribution in [-0.4, -0.2) is 15.9 Å². The fourth-order valence-corrected chi connectivity index (χ4v) is 8.11. The molecule has 0 bridgehead atoms. The van der Waals surface area contributed by atoms with Crippen LogP contribution in [-0.2, 0) is 36.7 Å². The predicted octanol–water partition coefficient (Wildman–Crippen LogP) is 14.8. The number of aryl methyl sites for hydroxylation is 1. The number of aliphatic hydroxyl groups is 1. The number of pyridine rings is 1. The molecule has 0 spiro atoms. The summed E-state index contributed by atoms with van der Waals surface area (Å²) in [5.41, 5.74) is 7.04. The number of benzene rings is 3. The van der Waals surface area contributed by atoms with Crippen molar-refractivity contribution in [2.75, 3.05) is 0 Å². The molecule has 0 fully saturated rings. The number of aromatic nitrogens is 1. The summed E-state index contributed by atoms with van der Waals surface area (Å²) in [5.74, 6) is 1.86. The average Bonchev–Trinajstić information content (AvgIpc) is 3.72. The molecule has 0 atom stereocenters. The second-order valence-corrected chi connectivity index (χ2v) is 17.9. The molecule has 55 heavy (non-hydrogen) atoms. The Labute approximate surface area is 347 Å². The zero-order chi connectivity index (χ0) is 39.6. The maximum Gasteiger partial charge on any atom is 0.164 e. The first-order valence-corrected chi connectivity index (χ1v) is 20.7. The number of fused-ring (bicyclic) bond motifs is 3. The normalized spacial score (nSPS) is 12.6. The van der Waals surface area contributed by atoms with E-state index in [4.69, 9.17) is 9.40 Å². The molecule has 1 N–H and O–H groups in total. The maximum absolute atomic E-state index is 12.2. The standard InChI is InChI=1S/C34H32NOS.C15H28O2.Ir/c1-20(2)15-22-11-12-27-28(19-37-30(27)16-22)32-21(3)25-13-14-35-31(33(25)36-32)24-17-23-9-7-8-10-26(23)29(18-24)34(4,5)6;1-7-14(5,8-2)12(16)11-13(17)15(6,9-3)10-4;/h7-14,16,18-20H,15H2,1-6H3;11,16H,7-10H2,1-6H3;/q-1;;/b;12-11-;. The topological polar surface area (TPSA) is 63.3 Å². The second kappa shape index (κ2) is 17.7. The Hall–Kier alpha value is -3.57. The van der Waals surface area contributed by atoms with Crippen molar-refractivity contribution in [1.82, 2.24) is 4.98 Å². The van der Waals surface area contributed by atoms with E-state index >= 15 is 0 Å². The third-order valence-electron chi connectivity index (χ3n) is 11.8. The monoisotopic (exact) mass is 935 g/mol. The summed E-state index contributed by atoms with van der Waals surface area (Å²) in [6, 6.07) is 23.3. The molecule has 0 aliphatic heterocycles. The number of thiophene rings is 1. The van der Waals surface area contributed by atoms with E-state index in [0.29, 0.717) is 5.92 Å². The molecule has 0 saturated heterocycles. The number of rotatable bonds is 11. The summed E-state index contributed by atoms with van der Waals surface area (Å²) in [5, 5.41) is 17.1. The van der Waals surface area contributed by atoms with Crippen LogP contribution in [0.15, 0.2) is 82.4 Å². The Morgan fingerprint density at radius 3 is 2.16 bits per heavy atom. The van der Waals surface area contributed by atoms with Gasteiger partial charge >= 0.3 is 0 Å². The van der Waals surface area contributed by atoms with Gasteiger partial charge in [-0.2, -0.15) is 0 Å². The van der Waals surface area contributed by atoms with Crippen LogP contribution < -0.4 is 0 Å². The number of nitrogens with zero attached hydrogens (tertiary/aromatic N) is 1. The summed E-state index contributed by atoms with van der Waals surface area (Å²) >= 11 is 1.79. The summed E-state index contributed by atoms with van der Waals surface area (Å²) in [7, 11) is 0. The molecule has 6 rings (SSSR count). The van der Waals surface area contributed by atoms with Crippen molar-refractivity contribution in [3.05, 3.63) is 101 Å². The van der Waals surface area contributed by atoms with Gasteiger partial charge in [0.15, 0.2) is 5.78 Å². The van der Waals surface area contributed by atoms with Gasteiger partial charge in [-0.3, -0.25) is 9.78 Å². The maximum atomic E-state index is 12.2. The van der Waals surface area contributed by atoms with Crippen molar-refractivity contribution in [2.45, 2.75) is 121 Å². The van der Waals surface area contributed by atoms with Crippen molar-refractivity contribution >= 4 is 48.9 Å². The molecular weight excluding hydrogens is 875 g/mol. The van der Waals surface area contributed by atoms with Gasteiger partial charge in [0.1, 0.15) is 17.1 Å². The third-order valence-corrected chi connectivity index (χ3v) is 12.8. The molecule has 0 aliphatic carbocycles. The first-order chi connectivity index (χ1) is 25.5. The quantitative estimate of drug-likeness (QED) is 0.0799. The van der Waals surface area contributed by atoms with Crippen LogP contribution in [0.5, 0.6) is 0 Å². The first kappa shape index (κ1) is 44.1. The van der Waals surface area contributed by atoms with Crippen molar-refractivity contribution in [3.8, 4) is 22.6 Å². The molecule has 0 saturated carbocycles. The largest absolute Gasteiger partial charge is 0.512 e. The van der Waals surface area contributed by atoms with E-state index in [1.54, 1.807) is 11.3 Å². The summed E-state index contributed by atoms with van der Waals surface area (Å²) < 4.78 is 8.00. The fourth-order valence-electron chi connectivity index (χ4n) is 7.11. The van der Waals surface area contributed by atoms with Crippen LogP contribution in [0.25, 0.3) is 54.4 Å². The summed E-state index contributed by atoms with van der Waals surface area (Å²) in [4.78, 5) is 17.0. The van der Waals surface area contributed by atoms with Crippen molar-refractivity contribution in [3.63, 3.8) is 0 Å². The third kappa shape index (κ3) is 9.19.